The number of rotatable bonds is 4. The topological polar surface area (TPSA) is 33.4 Å². The van der Waals surface area contributed by atoms with Gasteiger partial charge in [-0.15, -0.1) is 0 Å². The fourth-order valence-electron chi connectivity index (χ4n) is 4.14. The molecule has 3 aromatic rings. The normalized spacial score (nSPS) is 23.7. The quantitative estimate of drug-likeness (QED) is 0.515. The Morgan fingerprint density at radius 1 is 1.11 bits per heavy atom. The van der Waals surface area contributed by atoms with Crippen molar-refractivity contribution in [2.45, 2.75) is 31.5 Å². The van der Waals surface area contributed by atoms with Crippen molar-refractivity contribution in [3.8, 4) is 5.69 Å². The van der Waals surface area contributed by atoms with Gasteiger partial charge in [0.15, 0.2) is 5.17 Å². The summed E-state index contributed by atoms with van der Waals surface area (Å²) in [6, 6.07) is 19.7. The maximum Gasteiger partial charge on any atom is 0.160 e. The van der Waals surface area contributed by atoms with Crippen LogP contribution in [0.5, 0.6) is 0 Å². The van der Waals surface area contributed by atoms with E-state index >= 15 is 0 Å². The summed E-state index contributed by atoms with van der Waals surface area (Å²) in [6.45, 7) is 2.27. The number of pyridine rings is 1. The number of hydrogen-bond donors (Lipinski definition) is 0. The fourth-order valence-corrected chi connectivity index (χ4v) is 5.74. The molecule has 0 unspecified atom stereocenters. The highest BCUT2D eigenvalue weighted by Gasteiger charge is 2.46. The average Bonchev–Trinajstić information content (AvgIpc) is 3.44. The SMILES string of the molecule is CC[C@@H]1CSC2=N[C@H](c3ccccn3)[C@H](c3cccn3-c3ccc(Br)cc3)N21. The molecule has 4 heterocycles. The Hall–Kier alpha value is -2.05. The van der Waals surface area contributed by atoms with E-state index in [1.807, 2.05) is 24.0 Å². The fraction of sp³-hybridized carbons (Fsp3) is 0.273. The molecular formula is C22H21BrN4S. The number of aromatic nitrogens is 2. The van der Waals surface area contributed by atoms with Gasteiger partial charge in [0.2, 0.25) is 0 Å². The van der Waals surface area contributed by atoms with Crippen molar-refractivity contribution >= 4 is 32.9 Å². The highest BCUT2D eigenvalue weighted by molar-refractivity contribution is 9.10. The molecule has 0 saturated carbocycles. The molecule has 1 saturated heterocycles. The van der Waals surface area contributed by atoms with E-state index in [9.17, 15) is 0 Å². The molecule has 5 rings (SSSR count). The first-order valence-electron chi connectivity index (χ1n) is 9.59. The van der Waals surface area contributed by atoms with E-state index in [0.29, 0.717) is 6.04 Å². The number of benzene rings is 1. The summed E-state index contributed by atoms with van der Waals surface area (Å²) in [5.74, 6) is 1.11. The lowest BCUT2D eigenvalue weighted by Gasteiger charge is -2.32. The molecule has 0 N–H and O–H groups in total. The van der Waals surface area contributed by atoms with Crippen molar-refractivity contribution in [1.82, 2.24) is 14.5 Å². The molecule has 0 aliphatic carbocycles. The Bertz CT molecular complexity index is 999. The van der Waals surface area contributed by atoms with Crippen LogP contribution in [0.1, 0.15) is 36.8 Å². The zero-order valence-electron chi connectivity index (χ0n) is 15.6. The van der Waals surface area contributed by atoms with Crippen LogP contribution in [0.2, 0.25) is 0 Å². The van der Waals surface area contributed by atoms with Crippen LogP contribution in [-0.2, 0) is 0 Å². The van der Waals surface area contributed by atoms with Crippen LogP contribution < -0.4 is 0 Å². The van der Waals surface area contributed by atoms with Crippen molar-refractivity contribution in [1.29, 1.82) is 0 Å². The van der Waals surface area contributed by atoms with Crippen LogP contribution in [0.25, 0.3) is 5.69 Å². The van der Waals surface area contributed by atoms with Crippen LogP contribution in [0.15, 0.2) is 76.5 Å². The van der Waals surface area contributed by atoms with Crippen LogP contribution in [0.3, 0.4) is 0 Å². The predicted octanol–water partition coefficient (Wildman–Crippen LogP) is 5.61. The molecule has 0 radical (unpaired) electrons. The summed E-state index contributed by atoms with van der Waals surface area (Å²) < 4.78 is 3.38. The van der Waals surface area contributed by atoms with E-state index in [2.05, 4.69) is 92.0 Å². The molecule has 6 heteroatoms. The van der Waals surface area contributed by atoms with E-state index in [4.69, 9.17) is 4.99 Å². The molecule has 3 atom stereocenters. The molecule has 0 amide bonds. The lowest BCUT2D eigenvalue weighted by atomic mass is 9.99. The smallest absolute Gasteiger partial charge is 0.160 e. The number of amidine groups is 1. The summed E-state index contributed by atoms with van der Waals surface area (Å²) in [5, 5.41) is 1.16. The Morgan fingerprint density at radius 2 is 1.96 bits per heavy atom. The Labute approximate surface area is 177 Å². The average molecular weight is 453 g/mol. The molecule has 1 aromatic carbocycles. The van der Waals surface area contributed by atoms with Gasteiger partial charge in [0.05, 0.1) is 5.69 Å². The Kier molecular flexibility index (Phi) is 4.77. The third kappa shape index (κ3) is 2.99. The highest BCUT2D eigenvalue weighted by atomic mass is 79.9. The highest BCUT2D eigenvalue weighted by Crippen LogP contribution is 2.48. The molecule has 142 valence electrons. The van der Waals surface area contributed by atoms with Gasteiger partial charge in [0, 0.05) is 40.0 Å². The molecule has 2 aromatic heterocycles. The van der Waals surface area contributed by atoms with Gasteiger partial charge in [-0.1, -0.05) is 40.7 Å². The van der Waals surface area contributed by atoms with E-state index in [-0.39, 0.29) is 12.1 Å². The number of hydrogen-bond acceptors (Lipinski definition) is 4. The molecule has 1 fully saturated rings. The van der Waals surface area contributed by atoms with Crippen molar-refractivity contribution in [2.75, 3.05) is 5.75 Å². The van der Waals surface area contributed by atoms with E-state index in [1.165, 1.54) is 5.69 Å². The van der Waals surface area contributed by atoms with Crippen molar-refractivity contribution in [2.24, 2.45) is 4.99 Å². The van der Waals surface area contributed by atoms with Gasteiger partial charge in [0.1, 0.15) is 12.1 Å². The van der Waals surface area contributed by atoms with Crippen molar-refractivity contribution in [3.63, 3.8) is 0 Å². The van der Waals surface area contributed by atoms with Crippen LogP contribution >= 0.6 is 27.7 Å². The second-order valence-corrected chi connectivity index (χ2v) is 9.02. The molecule has 2 aliphatic heterocycles. The molecule has 0 spiro atoms. The summed E-state index contributed by atoms with van der Waals surface area (Å²) >= 11 is 5.42. The second-order valence-electron chi connectivity index (χ2n) is 7.12. The Morgan fingerprint density at radius 3 is 2.71 bits per heavy atom. The van der Waals surface area contributed by atoms with E-state index < -0.39 is 0 Å². The van der Waals surface area contributed by atoms with Gasteiger partial charge in [0.25, 0.3) is 0 Å². The van der Waals surface area contributed by atoms with Gasteiger partial charge in [-0.3, -0.25) is 9.98 Å². The minimum atomic E-state index is 0.0159. The molecular weight excluding hydrogens is 432 g/mol. The lowest BCUT2D eigenvalue weighted by Crippen LogP contribution is -2.36. The largest absolute Gasteiger partial charge is 0.337 e. The van der Waals surface area contributed by atoms with E-state index in [1.54, 1.807) is 0 Å². The maximum absolute atomic E-state index is 5.13. The van der Waals surface area contributed by atoms with Crippen LogP contribution in [0.4, 0.5) is 0 Å². The summed E-state index contributed by atoms with van der Waals surface area (Å²) in [5.41, 5.74) is 3.46. The number of aliphatic imine (C=N–C) groups is 1. The number of thioether (sulfide) groups is 1. The molecule has 28 heavy (non-hydrogen) atoms. The number of nitrogens with zero attached hydrogens (tertiary/aromatic N) is 4. The predicted molar refractivity (Wildman–Crippen MR) is 119 cm³/mol. The summed E-state index contributed by atoms with van der Waals surface area (Å²) in [4.78, 5) is 12.3. The minimum absolute atomic E-state index is 0.0159. The number of halogens is 1. The van der Waals surface area contributed by atoms with Crippen LogP contribution in [-0.4, -0.2) is 31.4 Å². The van der Waals surface area contributed by atoms with E-state index in [0.717, 1.165) is 33.2 Å². The zero-order valence-corrected chi connectivity index (χ0v) is 18.0. The molecule has 2 aliphatic rings. The third-order valence-corrected chi connectivity index (χ3v) is 7.17. The maximum atomic E-state index is 5.13. The summed E-state index contributed by atoms with van der Waals surface area (Å²) in [6.07, 6.45) is 5.14. The molecule has 4 nitrogen and oxygen atoms in total. The van der Waals surface area contributed by atoms with Gasteiger partial charge >= 0.3 is 0 Å². The minimum Gasteiger partial charge on any atom is -0.337 e. The first-order chi connectivity index (χ1) is 13.8. The van der Waals surface area contributed by atoms with Crippen LogP contribution in [0, 0.1) is 0 Å². The zero-order chi connectivity index (χ0) is 19.1. The van der Waals surface area contributed by atoms with Crippen molar-refractivity contribution < 1.29 is 0 Å². The third-order valence-electron chi connectivity index (χ3n) is 5.52. The van der Waals surface area contributed by atoms with Gasteiger partial charge in [-0.2, -0.15) is 0 Å². The standard InChI is InChI=1S/C22H21BrN4S/c1-2-16-14-28-22-25-20(18-6-3-4-12-24-18)21(27(16)22)19-7-5-13-26(19)17-10-8-15(23)9-11-17/h3-13,16,20-21H,2,14H2,1H3/t16-,20-,21+/m1/s1. The first kappa shape index (κ1) is 18.0. The molecule has 0 bridgehead atoms. The second kappa shape index (κ2) is 7.41. The Balaban J connectivity index is 1.62. The monoisotopic (exact) mass is 452 g/mol. The van der Waals surface area contributed by atoms with Gasteiger partial charge in [-0.05, 0) is 55.0 Å². The van der Waals surface area contributed by atoms with Gasteiger partial charge < -0.3 is 9.47 Å². The first-order valence-corrected chi connectivity index (χ1v) is 11.4. The summed E-state index contributed by atoms with van der Waals surface area (Å²) in [7, 11) is 0. The lowest BCUT2D eigenvalue weighted by molar-refractivity contribution is 0.249. The van der Waals surface area contributed by atoms with Gasteiger partial charge in [-0.25, -0.2) is 0 Å². The number of fused-ring (bicyclic) bond motifs is 1. The van der Waals surface area contributed by atoms with Crippen molar-refractivity contribution in [3.05, 3.63) is 82.9 Å².